The number of amides is 2. The molecule has 174 valence electrons. The lowest BCUT2D eigenvalue weighted by atomic mass is 9.90. The molecule has 3 aromatic rings. The number of ether oxygens (including phenoxy) is 1. The molecule has 2 N–H and O–H groups in total. The Hall–Kier alpha value is -3.28. The number of fused-ring (bicyclic) bond motifs is 1. The number of likely N-dealkylation sites (tertiary alicyclic amines) is 1. The van der Waals surface area contributed by atoms with Crippen molar-refractivity contribution in [2.75, 3.05) is 20.2 Å². The number of carbonyl (C=O) groups is 2. The number of para-hydroxylation sites is 1. The molecule has 1 aliphatic rings. The molecule has 6 nitrogen and oxygen atoms in total. The molecule has 2 heterocycles. The van der Waals surface area contributed by atoms with Gasteiger partial charge in [-0.05, 0) is 42.2 Å². The van der Waals surface area contributed by atoms with E-state index in [0.29, 0.717) is 19.5 Å². The van der Waals surface area contributed by atoms with E-state index in [1.165, 1.54) is 0 Å². The number of nitrogens with one attached hydrogen (secondary N) is 2. The fraction of sp³-hybridized carbons (Fsp3) is 0.407. The SMILES string of the molecule is COc1ccc(C(CNC(=O)C2CCCN2C(=O)C(C)(C)C)c2c[nH]c3ccccc23)cc1. The molecule has 4 rings (SSSR count). The molecule has 0 aliphatic carbocycles. The first kappa shape index (κ1) is 22.9. The maximum atomic E-state index is 13.2. The van der Waals surface area contributed by atoms with Crippen molar-refractivity contribution in [2.45, 2.75) is 45.6 Å². The summed E-state index contributed by atoms with van der Waals surface area (Å²) in [5, 5.41) is 4.30. The van der Waals surface area contributed by atoms with Crippen molar-refractivity contribution in [1.82, 2.24) is 15.2 Å². The second-order valence-corrected chi connectivity index (χ2v) is 9.77. The van der Waals surface area contributed by atoms with Crippen molar-refractivity contribution in [3.05, 3.63) is 65.9 Å². The summed E-state index contributed by atoms with van der Waals surface area (Å²) in [6.07, 6.45) is 3.58. The van der Waals surface area contributed by atoms with Crippen LogP contribution >= 0.6 is 0 Å². The topological polar surface area (TPSA) is 74.4 Å². The molecule has 33 heavy (non-hydrogen) atoms. The number of hydrogen-bond donors (Lipinski definition) is 2. The van der Waals surface area contributed by atoms with Crippen molar-refractivity contribution in [3.63, 3.8) is 0 Å². The van der Waals surface area contributed by atoms with Gasteiger partial charge in [0.1, 0.15) is 11.8 Å². The molecule has 1 saturated heterocycles. The van der Waals surface area contributed by atoms with Crippen molar-refractivity contribution >= 4 is 22.7 Å². The Morgan fingerprint density at radius 1 is 1.15 bits per heavy atom. The van der Waals surface area contributed by atoms with E-state index < -0.39 is 11.5 Å². The van der Waals surface area contributed by atoms with Crippen molar-refractivity contribution in [1.29, 1.82) is 0 Å². The summed E-state index contributed by atoms with van der Waals surface area (Å²) >= 11 is 0. The van der Waals surface area contributed by atoms with Gasteiger partial charge in [0.25, 0.3) is 0 Å². The quantitative estimate of drug-likeness (QED) is 0.586. The maximum absolute atomic E-state index is 13.2. The van der Waals surface area contributed by atoms with Gasteiger partial charge >= 0.3 is 0 Å². The van der Waals surface area contributed by atoms with E-state index in [4.69, 9.17) is 4.74 Å². The van der Waals surface area contributed by atoms with Crippen LogP contribution in [0.15, 0.2) is 54.7 Å². The van der Waals surface area contributed by atoms with Crippen molar-refractivity contribution in [2.24, 2.45) is 5.41 Å². The number of methoxy groups -OCH3 is 1. The summed E-state index contributed by atoms with van der Waals surface area (Å²) in [6.45, 7) is 6.79. The van der Waals surface area contributed by atoms with Gasteiger partial charge in [0, 0.05) is 41.5 Å². The Kier molecular flexibility index (Phi) is 6.45. The summed E-state index contributed by atoms with van der Waals surface area (Å²) < 4.78 is 5.32. The van der Waals surface area contributed by atoms with Crippen LogP contribution in [0.2, 0.25) is 0 Å². The van der Waals surface area contributed by atoms with E-state index in [2.05, 4.69) is 22.4 Å². The van der Waals surface area contributed by atoms with Crippen LogP contribution in [0.5, 0.6) is 5.75 Å². The van der Waals surface area contributed by atoms with Crippen LogP contribution in [0.1, 0.15) is 50.7 Å². The zero-order valence-corrected chi connectivity index (χ0v) is 19.9. The molecule has 0 saturated carbocycles. The van der Waals surface area contributed by atoms with Gasteiger partial charge in [-0.1, -0.05) is 51.1 Å². The maximum Gasteiger partial charge on any atom is 0.242 e. The van der Waals surface area contributed by atoms with Gasteiger partial charge in [-0.15, -0.1) is 0 Å². The van der Waals surface area contributed by atoms with E-state index >= 15 is 0 Å². The normalized spacial score (nSPS) is 17.2. The highest BCUT2D eigenvalue weighted by Crippen LogP contribution is 2.32. The van der Waals surface area contributed by atoms with Crippen LogP contribution in [-0.4, -0.2) is 47.9 Å². The zero-order valence-electron chi connectivity index (χ0n) is 19.9. The standard InChI is InChI=1S/C27H33N3O3/c1-27(2,3)26(32)30-15-7-10-24(30)25(31)29-16-21(18-11-13-19(33-4)14-12-18)22-17-28-23-9-6-5-8-20(22)23/h5-6,8-9,11-14,17,21,24,28H,7,10,15-16H2,1-4H3,(H,29,31). The predicted octanol–water partition coefficient (Wildman–Crippen LogP) is 4.46. The van der Waals surface area contributed by atoms with Crippen LogP contribution in [0.25, 0.3) is 10.9 Å². The van der Waals surface area contributed by atoms with Gasteiger partial charge in [0.05, 0.1) is 7.11 Å². The van der Waals surface area contributed by atoms with E-state index in [1.807, 2.05) is 63.4 Å². The fourth-order valence-corrected chi connectivity index (χ4v) is 4.66. The van der Waals surface area contributed by atoms with Crippen LogP contribution in [0, 0.1) is 5.41 Å². The van der Waals surface area contributed by atoms with Gasteiger partial charge in [-0.3, -0.25) is 9.59 Å². The Morgan fingerprint density at radius 3 is 2.58 bits per heavy atom. The lowest BCUT2D eigenvalue weighted by Gasteiger charge is -2.30. The summed E-state index contributed by atoms with van der Waals surface area (Å²) in [7, 11) is 1.65. The molecule has 0 bridgehead atoms. The van der Waals surface area contributed by atoms with E-state index in [0.717, 1.165) is 34.2 Å². The molecule has 2 unspecified atom stereocenters. The van der Waals surface area contributed by atoms with Crippen LogP contribution in [-0.2, 0) is 9.59 Å². The molecule has 2 amide bonds. The van der Waals surface area contributed by atoms with Crippen LogP contribution < -0.4 is 10.1 Å². The minimum atomic E-state index is -0.501. The Labute approximate surface area is 195 Å². The van der Waals surface area contributed by atoms with Crippen molar-refractivity contribution < 1.29 is 14.3 Å². The van der Waals surface area contributed by atoms with E-state index in [9.17, 15) is 9.59 Å². The first-order chi connectivity index (χ1) is 15.8. The number of H-pyrrole nitrogens is 1. The average Bonchev–Trinajstić information content (AvgIpc) is 3.46. The number of aromatic amines is 1. The first-order valence-electron chi connectivity index (χ1n) is 11.6. The number of nitrogens with zero attached hydrogens (tertiary/aromatic N) is 1. The Balaban J connectivity index is 1.58. The average molecular weight is 448 g/mol. The van der Waals surface area contributed by atoms with E-state index in [1.54, 1.807) is 12.0 Å². The van der Waals surface area contributed by atoms with Crippen LogP contribution in [0.3, 0.4) is 0 Å². The molecule has 6 heteroatoms. The summed E-state index contributed by atoms with van der Waals surface area (Å²) in [5.41, 5.74) is 2.79. The molecular formula is C27H33N3O3. The van der Waals surface area contributed by atoms with Gasteiger partial charge in [0.15, 0.2) is 0 Å². The molecule has 2 atom stereocenters. The highest BCUT2D eigenvalue weighted by Gasteiger charge is 2.38. The van der Waals surface area contributed by atoms with Gasteiger partial charge in [0.2, 0.25) is 11.8 Å². The third kappa shape index (κ3) is 4.75. The summed E-state index contributed by atoms with van der Waals surface area (Å²) in [6, 6.07) is 15.8. The number of carbonyl (C=O) groups excluding carboxylic acids is 2. The third-order valence-electron chi connectivity index (χ3n) is 6.45. The molecular weight excluding hydrogens is 414 g/mol. The predicted molar refractivity (Wildman–Crippen MR) is 130 cm³/mol. The highest BCUT2D eigenvalue weighted by molar-refractivity contribution is 5.90. The lowest BCUT2D eigenvalue weighted by molar-refractivity contribution is -0.144. The monoisotopic (exact) mass is 447 g/mol. The molecule has 2 aromatic carbocycles. The van der Waals surface area contributed by atoms with Gasteiger partial charge < -0.3 is 19.9 Å². The number of hydrogen-bond acceptors (Lipinski definition) is 3. The minimum absolute atomic E-state index is 0.0310. The Morgan fingerprint density at radius 2 is 1.88 bits per heavy atom. The molecule has 0 radical (unpaired) electrons. The lowest BCUT2D eigenvalue weighted by Crippen LogP contribution is -2.49. The number of aromatic nitrogens is 1. The number of rotatable bonds is 6. The minimum Gasteiger partial charge on any atom is -0.497 e. The van der Waals surface area contributed by atoms with Gasteiger partial charge in [-0.25, -0.2) is 0 Å². The first-order valence-corrected chi connectivity index (χ1v) is 11.6. The number of benzene rings is 2. The van der Waals surface area contributed by atoms with Gasteiger partial charge in [-0.2, -0.15) is 0 Å². The second kappa shape index (κ2) is 9.30. The van der Waals surface area contributed by atoms with Crippen molar-refractivity contribution in [3.8, 4) is 5.75 Å². The third-order valence-corrected chi connectivity index (χ3v) is 6.45. The van der Waals surface area contributed by atoms with Crippen LogP contribution in [0.4, 0.5) is 0 Å². The highest BCUT2D eigenvalue weighted by atomic mass is 16.5. The smallest absolute Gasteiger partial charge is 0.242 e. The van der Waals surface area contributed by atoms with E-state index in [-0.39, 0.29) is 17.7 Å². The molecule has 0 spiro atoms. The summed E-state index contributed by atoms with van der Waals surface area (Å²) in [4.78, 5) is 31.2. The summed E-state index contributed by atoms with van der Waals surface area (Å²) in [5.74, 6) is 0.707. The second-order valence-electron chi connectivity index (χ2n) is 9.77. The molecule has 1 fully saturated rings. The fourth-order valence-electron chi connectivity index (χ4n) is 4.66. The largest absolute Gasteiger partial charge is 0.497 e. The Bertz CT molecular complexity index is 1130. The molecule has 1 aromatic heterocycles. The zero-order chi connectivity index (χ0) is 23.6. The molecule has 1 aliphatic heterocycles.